The van der Waals surface area contributed by atoms with Gasteiger partial charge in [-0.2, -0.15) is 0 Å². The minimum absolute atomic E-state index is 0.0396. The molecule has 1 aromatic heterocycles. The molecular weight excluding hydrogens is 492 g/mol. The molecule has 0 spiro atoms. The number of nitrogens with zero attached hydrogens (tertiary/aromatic N) is 5. The van der Waals surface area contributed by atoms with E-state index < -0.39 is 0 Å². The average molecular weight is 535 g/mol. The molecule has 0 bridgehead atoms. The maximum atomic E-state index is 12.6. The van der Waals surface area contributed by atoms with Crippen molar-refractivity contribution in [1.82, 2.24) is 19.8 Å². The molecule has 2 heterocycles. The highest BCUT2D eigenvalue weighted by molar-refractivity contribution is 5.99. The third-order valence-electron chi connectivity index (χ3n) is 6.63. The minimum atomic E-state index is 0.0396. The summed E-state index contributed by atoms with van der Waals surface area (Å²) in [5.41, 5.74) is 2.44. The van der Waals surface area contributed by atoms with Gasteiger partial charge < -0.3 is 24.6 Å². The molecule has 2 atom stereocenters. The Hall–Kier alpha value is -3.72. The van der Waals surface area contributed by atoms with Crippen LogP contribution in [-0.2, 0) is 4.79 Å². The number of rotatable bonds is 13. The number of methoxy groups -OCH3 is 1. The van der Waals surface area contributed by atoms with Crippen LogP contribution in [0.2, 0.25) is 0 Å². The van der Waals surface area contributed by atoms with Crippen LogP contribution in [0.5, 0.6) is 11.5 Å². The third kappa shape index (κ3) is 8.92. The van der Waals surface area contributed by atoms with Gasteiger partial charge in [0.2, 0.25) is 5.91 Å². The second-order valence-electron chi connectivity index (χ2n) is 9.95. The van der Waals surface area contributed by atoms with Crippen LogP contribution in [0.1, 0.15) is 32.4 Å². The Kier molecular flexibility index (Phi) is 11.5. The number of benzene rings is 1. The Morgan fingerprint density at radius 3 is 2.72 bits per heavy atom. The van der Waals surface area contributed by atoms with Crippen LogP contribution in [0.3, 0.4) is 0 Å². The maximum absolute atomic E-state index is 12.6. The number of nitrogens with one attached hydrogen (secondary N) is 1. The number of anilines is 1. The Balaban J connectivity index is 1.72. The van der Waals surface area contributed by atoms with Gasteiger partial charge in [0.1, 0.15) is 18.6 Å². The lowest BCUT2D eigenvalue weighted by molar-refractivity contribution is -0.125. The lowest BCUT2D eigenvalue weighted by Gasteiger charge is -2.18. The topological polar surface area (TPSA) is 92.2 Å². The summed E-state index contributed by atoms with van der Waals surface area (Å²) >= 11 is 0. The highest BCUT2D eigenvalue weighted by Crippen LogP contribution is 2.29. The molecule has 0 aliphatic carbocycles. The summed E-state index contributed by atoms with van der Waals surface area (Å²) in [7, 11) is 5.59. The predicted octanol–water partition coefficient (Wildman–Crippen LogP) is 4.68. The Morgan fingerprint density at radius 2 is 2.00 bits per heavy atom. The monoisotopic (exact) mass is 534 g/mol. The number of likely N-dealkylation sites (N-methyl/N-ethyl adjacent to an activating group) is 1. The molecule has 9 heteroatoms. The molecule has 1 aliphatic rings. The number of amides is 1. The molecule has 210 valence electrons. The molecule has 1 N–H and O–H groups in total. The first kappa shape index (κ1) is 29.8. The van der Waals surface area contributed by atoms with Crippen molar-refractivity contribution < 1.29 is 14.3 Å². The van der Waals surface area contributed by atoms with Gasteiger partial charge in [-0.15, -0.1) is 0 Å². The molecule has 1 aliphatic heterocycles. The van der Waals surface area contributed by atoms with Crippen LogP contribution in [0.15, 0.2) is 59.9 Å². The fraction of sp³-hybridized carbons (Fsp3) is 0.467. The Bertz CT molecular complexity index is 1180. The fourth-order valence-corrected chi connectivity index (χ4v) is 4.14. The molecule has 1 aromatic carbocycles. The van der Waals surface area contributed by atoms with Gasteiger partial charge in [0.15, 0.2) is 17.3 Å². The number of allylic oxidation sites excluding steroid dienone is 1. The number of aliphatic imine (C=N–C) groups is 1. The van der Waals surface area contributed by atoms with E-state index >= 15 is 0 Å². The molecule has 2 unspecified atom stereocenters. The van der Waals surface area contributed by atoms with E-state index in [0.717, 1.165) is 36.5 Å². The number of hydrogen-bond acceptors (Lipinski definition) is 8. The first-order valence-corrected chi connectivity index (χ1v) is 13.5. The molecule has 39 heavy (non-hydrogen) atoms. The lowest BCUT2D eigenvalue weighted by atomic mass is 10.0. The van der Waals surface area contributed by atoms with E-state index in [9.17, 15) is 4.79 Å². The van der Waals surface area contributed by atoms with Crippen LogP contribution < -0.4 is 14.8 Å². The van der Waals surface area contributed by atoms with Crippen molar-refractivity contribution in [1.29, 1.82) is 0 Å². The number of aryl methyl sites for hydroxylation is 1. The molecule has 2 aromatic rings. The van der Waals surface area contributed by atoms with Gasteiger partial charge in [0.25, 0.3) is 0 Å². The van der Waals surface area contributed by atoms with Crippen LogP contribution in [0, 0.1) is 12.8 Å². The summed E-state index contributed by atoms with van der Waals surface area (Å²) in [5, 5.41) is 3.53. The van der Waals surface area contributed by atoms with E-state index in [0.29, 0.717) is 37.0 Å². The zero-order valence-electron chi connectivity index (χ0n) is 24.1. The molecule has 1 amide bonds. The van der Waals surface area contributed by atoms with Crippen molar-refractivity contribution in [2.75, 3.05) is 52.8 Å². The first-order valence-electron chi connectivity index (χ1n) is 13.5. The van der Waals surface area contributed by atoms with Crippen LogP contribution in [0.4, 0.5) is 11.5 Å². The van der Waals surface area contributed by atoms with E-state index in [1.54, 1.807) is 19.5 Å². The number of carbonyl (C=O) groups excluding carboxylic acids is 1. The molecule has 9 nitrogen and oxygen atoms in total. The number of ether oxygens (including phenoxy) is 2. The van der Waals surface area contributed by atoms with Crippen molar-refractivity contribution in [3.05, 3.63) is 60.6 Å². The van der Waals surface area contributed by atoms with Gasteiger partial charge in [-0.3, -0.25) is 4.79 Å². The van der Waals surface area contributed by atoms with Gasteiger partial charge in [-0.05, 0) is 64.1 Å². The minimum Gasteiger partial charge on any atom is -0.493 e. The SMILES string of the molecule is CCC(C)C(/C=C/COc1ccccc1OC)=N\c1c(C)ncnc1NC1CCN(C(=O)/C=C/CN(C)C)C1. The van der Waals surface area contributed by atoms with Crippen molar-refractivity contribution in [2.24, 2.45) is 10.9 Å². The van der Waals surface area contributed by atoms with Crippen LogP contribution >= 0.6 is 0 Å². The average Bonchev–Trinajstić information content (AvgIpc) is 3.40. The largest absolute Gasteiger partial charge is 0.493 e. The number of likely N-dealkylation sites (tertiary alicyclic amines) is 1. The van der Waals surface area contributed by atoms with Crippen molar-refractivity contribution in [2.45, 2.75) is 39.7 Å². The quantitative estimate of drug-likeness (QED) is 0.295. The smallest absolute Gasteiger partial charge is 0.246 e. The molecule has 0 saturated carbocycles. The normalized spacial score (nSPS) is 16.8. The highest BCUT2D eigenvalue weighted by atomic mass is 16.5. The van der Waals surface area contributed by atoms with Crippen molar-refractivity contribution in [3.8, 4) is 11.5 Å². The van der Waals surface area contributed by atoms with E-state index in [-0.39, 0.29) is 17.9 Å². The molecule has 1 saturated heterocycles. The summed E-state index contributed by atoms with van der Waals surface area (Å²) in [6.45, 7) is 8.69. The summed E-state index contributed by atoms with van der Waals surface area (Å²) < 4.78 is 11.3. The molecule has 3 rings (SSSR count). The first-order chi connectivity index (χ1) is 18.8. The van der Waals surface area contributed by atoms with Crippen LogP contribution in [-0.4, -0.2) is 84.9 Å². The summed E-state index contributed by atoms with van der Waals surface area (Å²) in [5.74, 6) is 2.35. The Labute approximate surface area is 232 Å². The number of carbonyl (C=O) groups is 1. The van der Waals surface area contributed by atoms with Crippen molar-refractivity contribution >= 4 is 23.1 Å². The number of hydrogen-bond donors (Lipinski definition) is 1. The summed E-state index contributed by atoms with van der Waals surface area (Å²) in [4.78, 5) is 30.4. The zero-order valence-corrected chi connectivity index (χ0v) is 24.1. The molecule has 0 radical (unpaired) electrons. The number of para-hydroxylation sites is 2. The Morgan fingerprint density at radius 1 is 1.23 bits per heavy atom. The van der Waals surface area contributed by atoms with Gasteiger partial charge in [0, 0.05) is 37.5 Å². The molecule has 1 fully saturated rings. The van der Waals surface area contributed by atoms with Crippen molar-refractivity contribution in [3.63, 3.8) is 0 Å². The molecular formula is C30H42N6O3. The third-order valence-corrected chi connectivity index (χ3v) is 6.63. The standard InChI is InChI=1S/C30H42N6O3/c1-7-22(2)25(12-11-19-39-27-14-9-8-13-26(27)38-6)34-29-23(3)31-21-32-30(29)33-24-16-18-36(20-24)28(37)15-10-17-35(4)5/h8-15,21-22,24H,7,16-20H2,1-6H3,(H,31,32,33)/b12-11+,15-10+,34-25-. The van der Waals surface area contributed by atoms with Gasteiger partial charge in [0.05, 0.1) is 12.8 Å². The fourth-order valence-electron chi connectivity index (χ4n) is 4.14. The second kappa shape index (κ2) is 15.0. The highest BCUT2D eigenvalue weighted by Gasteiger charge is 2.26. The van der Waals surface area contributed by atoms with Gasteiger partial charge in [-0.1, -0.05) is 32.1 Å². The lowest BCUT2D eigenvalue weighted by Crippen LogP contribution is -2.30. The number of aromatic nitrogens is 2. The van der Waals surface area contributed by atoms with Gasteiger partial charge in [-0.25, -0.2) is 15.0 Å². The van der Waals surface area contributed by atoms with Crippen LogP contribution in [0.25, 0.3) is 0 Å². The van der Waals surface area contributed by atoms with E-state index in [1.807, 2.05) is 73.3 Å². The maximum Gasteiger partial charge on any atom is 0.246 e. The second-order valence-corrected chi connectivity index (χ2v) is 9.95. The summed E-state index contributed by atoms with van der Waals surface area (Å²) in [6.07, 6.45) is 10.9. The summed E-state index contributed by atoms with van der Waals surface area (Å²) in [6, 6.07) is 7.68. The van der Waals surface area contributed by atoms with E-state index in [1.165, 1.54) is 0 Å². The zero-order chi connectivity index (χ0) is 28.2. The van der Waals surface area contributed by atoms with E-state index in [2.05, 4.69) is 29.1 Å². The predicted molar refractivity (Wildman–Crippen MR) is 157 cm³/mol. The van der Waals surface area contributed by atoms with Gasteiger partial charge >= 0.3 is 0 Å². The van der Waals surface area contributed by atoms with E-state index in [4.69, 9.17) is 14.5 Å².